The smallest absolute Gasteiger partial charge is 0.234 e. The first-order valence-corrected chi connectivity index (χ1v) is 6.30. The molecule has 16 heavy (non-hydrogen) atoms. The number of nitrogens with one attached hydrogen (secondary N) is 1. The number of carbonyl (C=O) groups excluding carboxylic acids is 1. The lowest BCUT2D eigenvalue weighted by Gasteiger charge is -2.05. The standard InChI is InChI=1S/C11H13NO3S/c1-10-4-6-11(7-5-10)16(14,15)12-8-2-3-9-13/h3-7,12H,2,8H2,1H3. The second kappa shape index (κ2) is 5.61. The highest BCUT2D eigenvalue weighted by Crippen LogP contribution is 2.09. The first-order chi connectivity index (χ1) is 7.56. The van der Waals surface area contributed by atoms with E-state index in [0.29, 0.717) is 6.42 Å². The van der Waals surface area contributed by atoms with Gasteiger partial charge in [-0.1, -0.05) is 17.7 Å². The topological polar surface area (TPSA) is 63.2 Å². The molecule has 0 bridgehead atoms. The first-order valence-electron chi connectivity index (χ1n) is 4.82. The van der Waals surface area contributed by atoms with E-state index in [1.165, 1.54) is 6.08 Å². The van der Waals surface area contributed by atoms with Crippen LogP contribution in [0.3, 0.4) is 0 Å². The summed E-state index contributed by atoms with van der Waals surface area (Å²) in [6, 6.07) is 6.57. The van der Waals surface area contributed by atoms with Crippen molar-refractivity contribution in [1.29, 1.82) is 0 Å². The van der Waals surface area contributed by atoms with Crippen LogP contribution in [-0.2, 0) is 14.8 Å². The average molecular weight is 239 g/mol. The van der Waals surface area contributed by atoms with E-state index in [1.54, 1.807) is 30.2 Å². The van der Waals surface area contributed by atoms with E-state index in [-0.39, 0.29) is 11.4 Å². The fourth-order valence-electron chi connectivity index (χ4n) is 1.13. The van der Waals surface area contributed by atoms with Gasteiger partial charge in [0.1, 0.15) is 5.94 Å². The highest BCUT2D eigenvalue weighted by Gasteiger charge is 2.11. The van der Waals surface area contributed by atoms with Gasteiger partial charge in [-0.15, -0.1) is 0 Å². The summed E-state index contributed by atoms with van der Waals surface area (Å²) >= 11 is 0. The van der Waals surface area contributed by atoms with Crippen molar-refractivity contribution in [2.45, 2.75) is 18.2 Å². The molecular weight excluding hydrogens is 226 g/mol. The third kappa shape index (κ3) is 3.62. The normalized spacial score (nSPS) is 10.8. The lowest BCUT2D eigenvalue weighted by molar-refractivity contribution is 0.567. The van der Waals surface area contributed by atoms with E-state index < -0.39 is 10.0 Å². The Morgan fingerprint density at radius 2 is 1.94 bits per heavy atom. The molecule has 0 radical (unpaired) electrons. The highest BCUT2D eigenvalue weighted by molar-refractivity contribution is 7.89. The monoisotopic (exact) mass is 239 g/mol. The van der Waals surface area contributed by atoms with Crippen LogP contribution in [-0.4, -0.2) is 20.9 Å². The fourth-order valence-corrected chi connectivity index (χ4v) is 2.17. The molecule has 0 atom stereocenters. The third-order valence-corrected chi connectivity index (χ3v) is 3.47. The molecule has 5 heteroatoms. The Kier molecular flexibility index (Phi) is 4.43. The summed E-state index contributed by atoms with van der Waals surface area (Å²) in [5.74, 6) is 1.59. The zero-order valence-electron chi connectivity index (χ0n) is 8.93. The number of hydrogen-bond donors (Lipinski definition) is 1. The molecule has 0 unspecified atom stereocenters. The minimum Gasteiger partial charge on any atom is -0.234 e. The van der Waals surface area contributed by atoms with E-state index in [2.05, 4.69) is 4.72 Å². The maximum atomic E-state index is 11.7. The Labute approximate surface area is 95.0 Å². The Balaban J connectivity index is 2.70. The molecule has 0 saturated carbocycles. The van der Waals surface area contributed by atoms with Gasteiger partial charge in [-0.2, -0.15) is 0 Å². The van der Waals surface area contributed by atoms with Crippen LogP contribution >= 0.6 is 0 Å². The summed E-state index contributed by atoms with van der Waals surface area (Å²) in [6.07, 6.45) is 1.59. The summed E-state index contributed by atoms with van der Waals surface area (Å²) in [5, 5.41) is 0. The molecule has 1 rings (SSSR count). The number of aryl methyl sites for hydroxylation is 1. The van der Waals surface area contributed by atoms with E-state index in [0.717, 1.165) is 5.56 Å². The third-order valence-electron chi connectivity index (χ3n) is 2.00. The van der Waals surface area contributed by atoms with Crippen LogP contribution < -0.4 is 4.72 Å². The minimum absolute atomic E-state index is 0.200. The number of sulfonamides is 1. The predicted molar refractivity (Wildman–Crippen MR) is 61.2 cm³/mol. The van der Waals surface area contributed by atoms with Crippen LogP contribution in [0.2, 0.25) is 0 Å². The Bertz CT molecular complexity index is 484. The van der Waals surface area contributed by atoms with Gasteiger partial charge in [0.25, 0.3) is 0 Å². The Morgan fingerprint density at radius 3 is 2.50 bits per heavy atom. The van der Waals surface area contributed by atoms with Crippen LogP contribution in [0.25, 0.3) is 0 Å². The van der Waals surface area contributed by atoms with Gasteiger partial charge in [-0.25, -0.2) is 17.9 Å². The molecule has 1 aromatic rings. The van der Waals surface area contributed by atoms with E-state index in [1.807, 2.05) is 6.92 Å². The molecular formula is C11H13NO3S. The molecule has 0 heterocycles. The molecule has 0 aliphatic rings. The second-order valence-corrected chi connectivity index (χ2v) is 5.09. The Hall–Kier alpha value is -1.42. The lowest BCUT2D eigenvalue weighted by atomic mass is 10.2. The van der Waals surface area contributed by atoms with Gasteiger partial charge in [-0.3, -0.25) is 0 Å². The van der Waals surface area contributed by atoms with Gasteiger partial charge in [-0.05, 0) is 25.5 Å². The van der Waals surface area contributed by atoms with Gasteiger partial charge in [0.05, 0.1) is 4.90 Å². The summed E-state index contributed by atoms with van der Waals surface area (Å²) in [6.45, 7) is 2.09. The maximum Gasteiger partial charge on any atom is 0.240 e. The van der Waals surface area contributed by atoms with Gasteiger partial charge in [0.2, 0.25) is 10.0 Å². The molecule has 1 aromatic carbocycles. The van der Waals surface area contributed by atoms with Crippen LogP contribution in [0.5, 0.6) is 0 Å². The molecule has 0 spiro atoms. The van der Waals surface area contributed by atoms with Gasteiger partial charge in [0.15, 0.2) is 0 Å². The van der Waals surface area contributed by atoms with Crippen molar-refractivity contribution >= 4 is 16.0 Å². The molecule has 86 valence electrons. The van der Waals surface area contributed by atoms with Crippen LogP contribution in [0, 0.1) is 6.92 Å². The van der Waals surface area contributed by atoms with Crippen molar-refractivity contribution in [3.63, 3.8) is 0 Å². The number of hydrogen-bond acceptors (Lipinski definition) is 3. The number of benzene rings is 1. The maximum absolute atomic E-state index is 11.7. The van der Waals surface area contributed by atoms with Crippen LogP contribution in [0.4, 0.5) is 0 Å². The quantitative estimate of drug-likeness (QED) is 0.617. The predicted octanol–water partition coefficient (Wildman–Crippen LogP) is 1.05. The zero-order valence-corrected chi connectivity index (χ0v) is 9.75. The first kappa shape index (κ1) is 12.6. The SMILES string of the molecule is Cc1ccc(S(=O)(=O)NCCC=C=O)cc1. The molecule has 0 aliphatic carbocycles. The minimum atomic E-state index is -3.46. The molecule has 0 aliphatic heterocycles. The van der Waals surface area contributed by atoms with Crippen molar-refractivity contribution in [1.82, 2.24) is 4.72 Å². The summed E-state index contributed by atoms with van der Waals surface area (Å²) in [4.78, 5) is 10.1. The van der Waals surface area contributed by atoms with E-state index in [4.69, 9.17) is 0 Å². The van der Waals surface area contributed by atoms with Crippen molar-refractivity contribution in [2.75, 3.05) is 6.54 Å². The molecule has 0 saturated heterocycles. The molecule has 4 nitrogen and oxygen atoms in total. The summed E-state index contributed by atoms with van der Waals surface area (Å²) in [5.41, 5.74) is 1.00. The highest BCUT2D eigenvalue weighted by atomic mass is 32.2. The summed E-state index contributed by atoms with van der Waals surface area (Å²) in [7, 11) is -3.46. The van der Waals surface area contributed by atoms with Crippen LogP contribution in [0.1, 0.15) is 12.0 Å². The van der Waals surface area contributed by atoms with Gasteiger partial charge < -0.3 is 0 Å². The summed E-state index contributed by atoms with van der Waals surface area (Å²) < 4.78 is 25.8. The largest absolute Gasteiger partial charge is 0.240 e. The molecule has 1 N–H and O–H groups in total. The second-order valence-electron chi connectivity index (χ2n) is 3.32. The Morgan fingerprint density at radius 1 is 1.31 bits per heavy atom. The van der Waals surface area contributed by atoms with Crippen molar-refractivity contribution in [2.24, 2.45) is 0 Å². The molecule has 0 fully saturated rings. The van der Waals surface area contributed by atoms with Crippen LogP contribution in [0.15, 0.2) is 35.2 Å². The number of rotatable bonds is 5. The molecule has 0 amide bonds. The average Bonchev–Trinajstić information content (AvgIpc) is 2.25. The zero-order chi connectivity index (χ0) is 12.0. The fraction of sp³-hybridized carbons (Fsp3) is 0.273. The van der Waals surface area contributed by atoms with Crippen molar-refractivity contribution in [3.05, 3.63) is 35.9 Å². The molecule has 0 aromatic heterocycles. The van der Waals surface area contributed by atoms with Gasteiger partial charge >= 0.3 is 0 Å². The van der Waals surface area contributed by atoms with Crippen molar-refractivity contribution in [3.8, 4) is 0 Å². The van der Waals surface area contributed by atoms with E-state index in [9.17, 15) is 13.2 Å². The van der Waals surface area contributed by atoms with Crippen molar-refractivity contribution < 1.29 is 13.2 Å². The lowest BCUT2D eigenvalue weighted by Crippen LogP contribution is -2.24. The van der Waals surface area contributed by atoms with E-state index >= 15 is 0 Å². The van der Waals surface area contributed by atoms with Gasteiger partial charge in [0, 0.05) is 12.6 Å².